The fourth-order valence-corrected chi connectivity index (χ4v) is 2.73. The maximum absolute atomic E-state index is 12.4. The molecule has 1 saturated heterocycles. The number of aliphatic hydroxyl groups excluding tert-OH is 1. The standard InChI is InChI=1S/C14H18N2O2/c17-9-10-7-16(8-10)14(18)12-3-1-5-13-11(12)4-2-6-15-13/h1,3,5,10,15,17H,2,4,6-9H2. The van der Waals surface area contributed by atoms with Crippen LogP contribution in [-0.2, 0) is 6.42 Å². The number of anilines is 1. The number of hydrogen-bond donors (Lipinski definition) is 2. The summed E-state index contributed by atoms with van der Waals surface area (Å²) in [6.07, 6.45) is 2.05. The fourth-order valence-electron chi connectivity index (χ4n) is 2.73. The molecular formula is C14H18N2O2. The highest BCUT2D eigenvalue weighted by Crippen LogP contribution is 2.28. The number of rotatable bonds is 2. The topological polar surface area (TPSA) is 52.6 Å². The van der Waals surface area contributed by atoms with Gasteiger partial charge in [-0.1, -0.05) is 6.07 Å². The van der Waals surface area contributed by atoms with Crippen LogP contribution in [0, 0.1) is 5.92 Å². The van der Waals surface area contributed by atoms with Crippen molar-refractivity contribution in [3.05, 3.63) is 29.3 Å². The number of hydrogen-bond acceptors (Lipinski definition) is 3. The van der Waals surface area contributed by atoms with Gasteiger partial charge in [0.25, 0.3) is 5.91 Å². The molecule has 2 aliphatic rings. The zero-order valence-corrected chi connectivity index (χ0v) is 10.4. The van der Waals surface area contributed by atoms with Crippen molar-refractivity contribution in [1.29, 1.82) is 0 Å². The number of carbonyl (C=O) groups excluding carboxylic acids is 1. The largest absolute Gasteiger partial charge is 0.396 e. The van der Waals surface area contributed by atoms with E-state index < -0.39 is 0 Å². The van der Waals surface area contributed by atoms with Crippen LogP contribution in [0.3, 0.4) is 0 Å². The van der Waals surface area contributed by atoms with E-state index in [2.05, 4.69) is 5.32 Å². The van der Waals surface area contributed by atoms with Crippen molar-refractivity contribution < 1.29 is 9.90 Å². The summed E-state index contributed by atoms with van der Waals surface area (Å²) < 4.78 is 0. The van der Waals surface area contributed by atoms with Crippen molar-refractivity contribution in [2.24, 2.45) is 5.92 Å². The average Bonchev–Trinajstić information content (AvgIpc) is 2.36. The summed E-state index contributed by atoms with van der Waals surface area (Å²) in [6, 6.07) is 5.89. The van der Waals surface area contributed by atoms with E-state index >= 15 is 0 Å². The number of likely N-dealkylation sites (tertiary alicyclic amines) is 1. The van der Waals surface area contributed by atoms with E-state index in [1.807, 2.05) is 23.1 Å². The van der Waals surface area contributed by atoms with Crippen LogP contribution in [-0.4, -0.2) is 42.2 Å². The number of aliphatic hydroxyl groups is 1. The number of nitrogens with one attached hydrogen (secondary N) is 1. The molecule has 0 aliphatic carbocycles. The van der Waals surface area contributed by atoms with Crippen LogP contribution in [0.4, 0.5) is 5.69 Å². The number of fused-ring (bicyclic) bond motifs is 1. The summed E-state index contributed by atoms with van der Waals surface area (Å²) in [7, 11) is 0. The van der Waals surface area contributed by atoms with E-state index in [1.54, 1.807) is 0 Å². The molecule has 1 aromatic rings. The Bertz CT molecular complexity index is 467. The summed E-state index contributed by atoms with van der Waals surface area (Å²) in [5, 5.41) is 12.3. The molecule has 1 amide bonds. The Balaban J connectivity index is 1.82. The first-order valence-electron chi connectivity index (χ1n) is 6.55. The highest BCUT2D eigenvalue weighted by Gasteiger charge is 2.32. The lowest BCUT2D eigenvalue weighted by atomic mass is 9.94. The number of amides is 1. The molecule has 1 fully saturated rings. The van der Waals surface area contributed by atoms with Crippen molar-refractivity contribution in [2.45, 2.75) is 12.8 Å². The molecule has 0 radical (unpaired) electrons. The third-order valence-corrected chi connectivity index (χ3v) is 3.83. The molecule has 96 valence electrons. The summed E-state index contributed by atoms with van der Waals surface area (Å²) in [5.41, 5.74) is 3.09. The predicted molar refractivity (Wildman–Crippen MR) is 69.7 cm³/mol. The van der Waals surface area contributed by atoms with Crippen LogP contribution < -0.4 is 5.32 Å². The van der Waals surface area contributed by atoms with Gasteiger partial charge in [-0.2, -0.15) is 0 Å². The second kappa shape index (κ2) is 4.61. The minimum atomic E-state index is 0.111. The third-order valence-electron chi connectivity index (χ3n) is 3.83. The molecule has 4 nitrogen and oxygen atoms in total. The first-order valence-corrected chi connectivity index (χ1v) is 6.55. The molecule has 0 saturated carbocycles. The van der Waals surface area contributed by atoms with Crippen molar-refractivity contribution in [3.8, 4) is 0 Å². The smallest absolute Gasteiger partial charge is 0.254 e. The predicted octanol–water partition coefficient (Wildman–Crippen LogP) is 1.11. The summed E-state index contributed by atoms with van der Waals surface area (Å²) in [4.78, 5) is 14.2. The van der Waals surface area contributed by atoms with Gasteiger partial charge in [0.05, 0.1) is 0 Å². The van der Waals surface area contributed by atoms with Gasteiger partial charge in [-0.05, 0) is 30.5 Å². The molecule has 0 spiro atoms. The Morgan fingerprint density at radius 2 is 2.28 bits per heavy atom. The SMILES string of the molecule is O=C(c1cccc2c1CCCN2)N1CC(CO)C1. The van der Waals surface area contributed by atoms with E-state index in [9.17, 15) is 4.79 Å². The molecular weight excluding hydrogens is 228 g/mol. The van der Waals surface area contributed by atoms with Gasteiger partial charge in [0.1, 0.15) is 0 Å². The molecule has 0 unspecified atom stereocenters. The highest BCUT2D eigenvalue weighted by atomic mass is 16.3. The van der Waals surface area contributed by atoms with Gasteiger partial charge in [0, 0.05) is 43.4 Å². The quantitative estimate of drug-likeness (QED) is 0.822. The normalized spacial score (nSPS) is 18.8. The lowest BCUT2D eigenvalue weighted by molar-refractivity contribution is 0.0361. The van der Waals surface area contributed by atoms with Crippen molar-refractivity contribution in [3.63, 3.8) is 0 Å². The van der Waals surface area contributed by atoms with Crippen LogP contribution in [0.5, 0.6) is 0 Å². The van der Waals surface area contributed by atoms with Crippen LogP contribution in [0.2, 0.25) is 0 Å². The Kier molecular flexibility index (Phi) is 2.96. The Hall–Kier alpha value is -1.55. The zero-order chi connectivity index (χ0) is 12.5. The van der Waals surface area contributed by atoms with Gasteiger partial charge < -0.3 is 15.3 Å². The number of nitrogens with zero attached hydrogens (tertiary/aromatic N) is 1. The molecule has 0 aromatic heterocycles. The van der Waals surface area contributed by atoms with E-state index in [1.165, 1.54) is 0 Å². The van der Waals surface area contributed by atoms with Crippen LogP contribution >= 0.6 is 0 Å². The second-order valence-electron chi connectivity index (χ2n) is 5.12. The molecule has 0 atom stereocenters. The number of carbonyl (C=O) groups is 1. The van der Waals surface area contributed by atoms with Gasteiger partial charge in [0.15, 0.2) is 0 Å². The van der Waals surface area contributed by atoms with Crippen LogP contribution in [0.1, 0.15) is 22.3 Å². The van der Waals surface area contributed by atoms with E-state index in [0.717, 1.165) is 36.2 Å². The summed E-state index contributed by atoms with van der Waals surface area (Å²) >= 11 is 0. The Morgan fingerprint density at radius 1 is 1.44 bits per heavy atom. The second-order valence-corrected chi connectivity index (χ2v) is 5.12. The molecule has 2 N–H and O–H groups in total. The van der Waals surface area contributed by atoms with E-state index in [4.69, 9.17) is 5.11 Å². The van der Waals surface area contributed by atoms with E-state index in [-0.39, 0.29) is 18.4 Å². The van der Waals surface area contributed by atoms with Crippen LogP contribution in [0.25, 0.3) is 0 Å². The van der Waals surface area contributed by atoms with Gasteiger partial charge in [0.2, 0.25) is 0 Å². The van der Waals surface area contributed by atoms with Crippen molar-refractivity contribution >= 4 is 11.6 Å². The van der Waals surface area contributed by atoms with Gasteiger partial charge in [-0.25, -0.2) is 0 Å². The number of benzene rings is 1. The Morgan fingerprint density at radius 3 is 3.06 bits per heavy atom. The van der Waals surface area contributed by atoms with Gasteiger partial charge in [-0.15, -0.1) is 0 Å². The third kappa shape index (κ3) is 1.86. The maximum Gasteiger partial charge on any atom is 0.254 e. The summed E-state index contributed by atoms with van der Waals surface area (Å²) in [6.45, 7) is 2.54. The molecule has 3 rings (SSSR count). The Labute approximate surface area is 107 Å². The fraction of sp³-hybridized carbons (Fsp3) is 0.500. The van der Waals surface area contributed by atoms with Crippen LogP contribution in [0.15, 0.2) is 18.2 Å². The monoisotopic (exact) mass is 246 g/mol. The molecule has 0 bridgehead atoms. The zero-order valence-electron chi connectivity index (χ0n) is 10.4. The lowest BCUT2D eigenvalue weighted by Crippen LogP contribution is -2.51. The molecule has 4 heteroatoms. The molecule has 1 aromatic carbocycles. The van der Waals surface area contributed by atoms with Gasteiger partial charge in [-0.3, -0.25) is 4.79 Å². The summed E-state index contributed by atoms with van der Waals surface area (Å²) in [5.74, 6) is 0.381. The first kappa shape index (κ1) is 11.5. The van der Waals surface area contributed by atoms with Gasteiger partial charge >= 0.3 is 0 Å². The van der Waals surface area contributed by atoms with E-state index in [0.29, 0.717) is 13.1 Å². The molecule has 2 aliphatic heterocycles. The maximum atomic E-state index is 12.4. The average molecular weight is 246 g/mol. The minimum Gasteiger partial charge on any atom is -0.396 e. The minimum absolute atomic E-state index is 0.111. The molecule has 2 heterocycles. The highest BCUT2D eigenvalue weighted by molar-refractivity contribution is 5.97. The first-order chi connectivity index (χ1) is 8.79. The van der Waals surface area contributed by atoms with Crippen molar-refractivity contribution in [1.82, 2.24) is 4.90 Å². The molecule has 18 heavy (non-hydrogen) atoms. The lowest BCUT2D eigenvalue weighted by Gasteiger charge is -2.39. The van der Waals surface area contributed by atoms with Crippen molar-refractivity contribution in [2.75, 3.05) is 31.6 Å².